The average molecular weight is 1450 g/mol. The van der Waals surface area contributed by atoms with Gasteiger partial charge < -0.3 is 33.8 Å². The van der Waals surface area contributed by atoms with Gasteiger partial charge in [-0.3, -0.25) is 37.3 Å². The van der Waals surface area contributed by atoms with E-state index in [4.69, 9.17) is 37.0 Å². The van der Waals surface area contributed by atoms with Crippen molar-refractivity contribution in [2.24, 2.45) is 11.8 Å². The van der Waals surface area contributed by atoms with E-state index in [1.54, 1.807) is 0 Å². The van der Waals surface area contributed by atoms with Crippen LogP contribution >= 0.6 is 15.6 Å². The zero-order valence-electron chi connectivity index (χ0n) is 64.8. The molecule has 0 aromatic carbocycles. The molecular formula is C80H156O17P2. The molecule has 0 fully saturated rings. The van der Waals surface area contributed by atoms with E-state index >= 15 is 0 Å². The Balaban J connectivity index is 5.20. The molecule has 0 aromatic rings. The van der Waals surface area contributed by atoms with Crippen molar-refractivity contribution in [2.45, 2.75) is 439 Å². The topological polar surface area (TPSA) is 237 Å². The fourth-order valence-electron chi connectivity index (χ4n) is 12.4. The van der Waals surface area contributed by atoms with Gasteiger partial charge in [0, 0.05) is 25.7 Å². The second kappa shape index (κ2) is 71.7. The number of hydrogen-bond acceptors (Lipinski definition) is 15. The van der Waals surface area contributed by atoms with E-state index in [1.165, 1.54) is 238 Å². The van der Waals surface area contributed by atoms with Gasteiger partial charge in [0.2, 0.25) is 0 Å². The maximum absolute atomic E-state index is 13.1. The first-order chi connectivity index (χ1) is 47.9. The summed E-state index contributed by atoms with van der Waals surface area (Å²) >= 11 is 0. The van der Waals surface area contributed by atoms with Crippen LogP contribution < -0.4 is 0 Å². The van der Waals surface area contributed by atoms with Gasteiger partial charge in [-0.1, -0.05) is 369 Å². The molecule has 99 heavy (non-hydrogen) atoms. The predicted molar refractivity (Wildman–Crippen MR) is 405 cm³/mol. The van der Waals surface area contributed by atoms with E-state index < -0.39 is 97.5 Å². The van der Waals surface area contributed by atoms with Gasteiger partial charge in [-0.25, -0.2) is 9.13 Å². The normalized spacial score (nSPS) is 13.9. The smallest absolute Gasteiger partial charge is 0.462 e. The molecule has 0 saturated heterocycles. The monoisotopic (exact) mass is 1450 g/mol. The molecule has 0 spiro atoms. The van der Waals surface area contributed by atoms with Crippen molar-refractivity contribution in [3.8, 4) is 0 Å². The Bertz CT molecular complexity index is 1910. The van der Waals surface area contributed by atoms with Crippen molar-refractivity contribution in [2.75, 3.05) is 39.6 Å². The Labute approximate surface area is 607 Å². The van der Waals surface area contributed by atoms with Crippen LogP contribution in [0.4, 0.5) is 0 Å². The molecule has 0 aliphatic rings. The quantitative estimate of drug-likeness (QED) is 0.0222. The molecule has 0 saturated carbocycles. The van der Waals surface area contributed by atoms with E-state index in [-0.39, 0.29) is 25.7 Å². The molecule has 2 unspecified atom stereocenters. The molecule has 588 valence electrons. The maximum Gasteiger partial charge on any atom is 0.472 e. The van der Waals surface area contributed by atoms with Gasteiger partial charge in [-0.05, 0) is 37.5 Å². The Kier molecular flexibility index (Phi) is 70.3. The van der Waals surface area contributed by atoms with Gasteiger partial charge in [0.1, 0.15) is 19.3 Å². The van der Waals surface area contributed by atoms with Crippen LogP contribution in [-0.2, 0) is 65.4 Å². The summed E-state index contributed by atoms with van der Waals surface area (Å²) in [5.41, 5.74) is 0. The van der Waals surface area contributed by atoms with Crippen LogP contribution in [0.15, 0.2) is 0 Å². The van der Waals surface area contributed by atoms with Crippen molar-refractivity contribution >= 4 is 39.5 Å². The van der Waals surface area contributed by atoms with Gasteiger partial charge in [-0.15, -0.1) is 0 Å². The van der Waals surface area contributed by atoms with E-state index in [0.717, 1.165) is 102 Å². The Morgan fingerprint density at radius 2 is 0.465 bits per heavy atom. The standard InChI is InChI=1S/C80H156O17P2/c1-7-9-11-13-15-17-18-19-24-28-33-39-45-51-57-63-78(83)91-69-76(97-79(84)64-58-52-46-40-34-29-26-23-21-20-22-25-27-31-37-42-48-54-60-72(3)4)71-95-99(88,89)93-67-74(81)66-92-98(86,87)94-70-75(68-90-77(82)62-56-50-44-36-16-14-12-10-8-2)96-80(85)65-59-53-47-41-35-30-32-38-43-49-55-61-73(5)6/h72-76,81H,7-71H2,1-6H3,(H,86,87)(H,88,89)/t74-,75+,76+/m0/s1. The molecule has 0 heterocycles. The minimum atomic E-state index is -4.96. The molecule has 0 rings (SSSR count). The molecule has 0 aromatic heterocycles. The number of aliphatic hydroxyl groups excluding tert-OH is 1. The highest BCUT2D eigenvalue weighted by Crippen LogP contribution is 2.45. The van der Waals surface area contributed by atoms with Crippen molar-refractivity contribution in [1.29, 1.82) is 0 Å². The first kappa shape index (κ1) is 97.1. The van der Waals surface area contributed by atoms with E-state index in [0.29, 0.717) is 25.7 Å². The number of carbonyl (C=O) groups is 4. The van der Waals surface area contributed by atoms with Gasteiger partial charge in [0.25, 0.3) is 0 Å². The van der Waals surface area contributed by atoms with Crippen LogP contribution in [0.2, 0.25) is 0 Å². The molecule has 0 amide bonds. The number of unbranched alkanes of at least 4 members (excludes halogenated alkanes) is 49. The first-order valence-corrected chi connectivity index (χ1v) is 44.5. The summed E-state index contributed by atoms with van der Waals surface area (Å²) in [6.45, 7) is 9.65. The van der Waals surface area contributed by atoms with Crippen molar-refractivity contribution in [1.82, 2.24) is 0 Å². The highest BCUT2D eigenvalue weighted by atomic mass is 31.2. The fourth-order valence-corrected chi connectivity index (χ4v) is 13.9. The highest BCUT2D eigenvalue weighted by molar-refractivity contribution is 7.47. The summed E-state index contributed by atoms with van der Waals surface area (Å²) in [5, 5.41) is 10.6. The van der Waals surface area contributed by atoms with Crippen molar-refractivity contribution in [3.63, 3.8) is 0 Å². The van der Waals surface area contributed by atoms with Gasteiger partial charge in [-0.2, -0.15) is 0 Å². The minimum Gasteiger partial charge on any atom is -0.462 e. The third-order valence-corrected chi connectivity index (χ3v) is 20.6. The van der Waals surface area contributed by atoms with Crippen LogP contribution in [0.5, 0.6) is 0 Å². The lowest BCUT2D eigenvalue weighted by Crippen LogP contribution is -2.30. The zero-order valence-corrected chi connectivity index (χ0v) is 66.6. The van der Waals surface area contributed by atoms with E-state index in [2.05, 4.69) is 41.5 Å². The van der Waals surface area contributed by atoms with Crippen LogP contribution in [0.3, 0.4) is 0 Å². The van der Waals surface area contributed by atoms with E-state index in [9.17, 15) is 43.2 Å². The first-order valence-electron chi connectivity index (χ1n) is 41.5. The van der Waals surface area contributed by atoms with Gasteiger partial charge in [0.05, 0.1) is 26.4 Å². The average Bonchev–Trinajstić information content (AvgIpc) is 2.93. The Hall–Kier alpha value is -1.94. The highest BCUT2D eigenvalue weighted by Gasteiger charge is 2.30. The molecule has 17 nitrogen and oxygen atoms in total. The van der Waals surface area contributed by atoms with Crippen LogP contribution in [0.1, 0.15) is 420 Å². The number of aliphatic hydroxyl groups is 1. The maximum atomic E-state index is 13.1. The number of phosphoric acid groups is 2. The summed E-state index contributed by atoms with van der Waals surface area (Å²) in [4.78, 5) is 72.9. The zero-order chi connectivity index (χ0) is 72.8. The van der Waals surface area contributed by atoms with E-state index in [1.807, 2.05) is 0 Å². The fraction of sp³-hybridized carbons (Fsp3) is 0.950. The number of rotatable bonds is 79. The number of hydrogen-bond donors (Lipinski definition) is 3. The molecular weight excluding hydrogens is 1290 g/mol. The minimum absolute atomic E-state index is 0.107. The Morgan fingerprint density at radius 1 is 0.273 bits per heavy atom. The summed E-state index contributed by atoms with van der Waals surface area (Å²) in [6, 6.07) is 0. The van der Waals surface area contributed by atoms with Crippen molar-refractivity contribution < 1.29 is 80.2 Å². The van der Waals surface area contributed by atoms with Crippen LogP contribution in [0, 0.1) is 11.8 Å². The second-order valence-corrected chi connectivity index (χ2v) is 32.7. The summed E-state index contributed by atoms with van der Waals surface area (Å²) in [7, 11) is -9.91. The van der Waals surface area contributed by atoms with Gasteiger partial charge in [0.15, 0.2) is 12.2 Å². The largest absolute Gasteiger partial charge is 0.472 e. The lowest BCUT2D eigenvalue weighted by molar-refractivity contribution is -0.161. The molecule has 19 heteroatoms. The molecule has 0 aliphatic carbocycles. The molecule has 0 bridgehead atoms. The van der Waals surface area contributed by atoms with Crippen LogP contribution in [0.25, 0.3) is 0 Å². The molecule has 0 aliphatic heterocycles. The number of phosphoric ester groups is 2. The Morgan fingerprint density at radius 3 is 0.687 bits per heavy atom. The number of esters is 4. The number of ether oxygens (including phenoxy) is 4. The molecule has 5 atom stereocenters. The predicted octanol–water partition coefficient (Wildman–Crippen LogP) is 23.9. The summed E-state index contributed by atoms with van der Waals surface area (Å²) < 4.78 is 68.6. The SMILES string of the molecule is CCCCCCCCCCCCCCCCCC(=O)OC[C@H](COP(=O)(O)OC[C@@H](O)COP(=O)(O)OC[C@@H](COC(=O)CCCCCCCCCCC)OC(=O)CCCCCCCCCCCCCC(C)C)OC(=O)CCCCCCCCCCCCCCCCCCCCC(C)C. The lowest BCUT2D eigenvalue weighted by atomic mass is 10.0. The summed E-state index contributed by atoms with van der Waals surface area (Å²) in [5.74, 6) is -0.524. The summed E-state index contributed by atoms with van der Waals surface area (Å²) in [6.07, 6.45) is 61.0. The third kappa shape index (κ3) is 74.1. The van der Waals surface area contributed by atoms with Crippen LogP contribution in [-0.4, -0.2) is 96.7 Å². The third-order valence-electron chi connectivity index (χ3n) is 18.7. The molecule has 0 radical (unpaired) electrons. The van der Waals surface area contributed by atoms with Gasteiger partial charge >= 0.3 is 39.5 Å². The molecule has 3 N–H and O–H groups in total. The van der Waals surface area contributed by atoms with Crippen molar-refractivity contribution in [3.05, 3.63) is 0 Å². The lowest BCUT2D eigenvalue weighted by Gasteiger charge is -2.21. The number of carbonyl (C=O) groups excluding carboxylic acids is 4. The second-order valence-electron chi connectivity index (χ2n) is 29.8.